The van der Waals surface area contributed by atoms with E-state index < -0.39 is 0 Å². The second-order valence-electron chi connectivity index (χ2n) is 7.38. The van der Waals surface area contributed by atoms with E-state index in [2.05, 4.69) is 15.1 Å². The van der Waals surface area contributed by atoms with Crippen LogP contribution in [0.15, 0.2) is 83.9 Å². The van der Waals surface area contributed by atoms with Crippen molar-refractivity contribution in [3.8, 4) is 11.4 Å². The largest absolute Gasteiger partial charge is 0.303 e. The van der Waals surface area contributed by atoms with Crippen LogP contribution < -0.4 is 15.0 Å². The minimum Gasteiger partial charge on any atom is -0.303 e. The van der Waals surface area contributed by atoms with Gasteiger partial charge in [-0.1, -0.05) is 59.9 Å². The number of anilines is 1. The molecule has 0 N–H and O–H groups in total. The van der Waals surface area contributed by atoms with Gasteiger partial charge in [-0.15, -0.1) is 5.10 Å². The SMILES string of the molecule is O=C1C(=c2sc3nc(-c4cccnc4)nn3c2=O)c2ccccc2N1Cc1ccccc1. The quantitative estimate of drug-likeness (QED) is 0.434. The number of carbonyl (C=O) groups is 1. The molecule has 1 aliphatic heterocycles. The Balaban J connectivity index is 1.52. The number of benzene rings is 2. The van der Waals surface area contributed by atoms with Gasteiger partial charge in [-0.2, -0.15) is 9.50 Å². The molecule has 8 heteroatoms. The van der Waals surface area contributed by atoms with E-state index in [-0.39, 0.29) is 11.5 Å². The molecule has 4 heterocycles. The van der Waals surface area contributed by atoms with Crippen molar-refractivity contribution in [1.82, 2.24) is 19.6 Å². The van der Waals surface area contributed by atoms with Crippen LogP contribution in [0.1, 0.15) is 11.1 Å². The molecule has 0 aliphatic carbocycles. The van der Waals surface area contributed by atoms with Crippen LogP contribution in [0.3, 0.4) is 0 Å². The third-order valence-corrected chi connectivity index (χ3v) is 6.44. The van der Waals surface area contributed by atoms with Crippen molar-refractivity contribution in [2.75, 3.05) is 4.90 Å². The average Bonchev–Trinajstić information content (AvgIpc) is 3.47. The number of hydrogen-bond donors (Lipinski definition) is 0. The number of rotatable bonds is 3. The molecule has 0 radical (unpaired) electrons. The summed E-state index contributed by atoms with van der Waals surface area (Å²) >= 11 is 1.18. The van der Waals surface area contributed by atoms with E-state index in [4.69, 9.17) is 0 Å². The molecule has 0 bridgehead atoms. The number of aromatic nitrogens is 4. The van der Waals surface area contributed by atoms with Crippen LogP contribution in [0.5, 0.6) is 0 Å². The first kappa shape index (κ1) is 18.6. The van der Waals surface area contributed by atoms with Gasteiger partial charge in [0.05, 0.1) is 17.8 Å². The first-order chi connectivity index (χ1) is 15.7. The lowest BCUT2D eigenvalue weighted by Gasteiger charge is -2.17. The number of nitrogens with zero attached hydrogens (tertiary/aromatic N) is 5. The molecule has 0 saturated heterocycles. The van der Waals surface area contributed by atoms with Gasteiger partial charge >= 0.3 is 0 Å². The molecule has 1 amide bonds. The summed E-state index contributed by atoms with van der Waals surface area (Å²) in [5.74, 6) is 0.242. The van der Waals surface area contributed by atoms with Crippen molar-refractivity contribution < 1.29 is 4.79 Å². The van der Waals surface area contributed by atoms with E-state index in [1.54, 1.807) is 23.4 Å². The van der Waals surface area contributed by atoms with Crippen molar-refractivity contribution in [3.05, 3.63) is 105 Å². The molecule has 154 valence electrons. The van der Waals surface area contributed by atoms with Crippen molar-refractivity contribution >= 4 is 33.5 Å². The standard InChI is InChI=1S/C24H15N5O2S/c30-22-19(17-10-4-5-11-18(17)28(22)14-15-7-2-1-3-8-15)20-23(31)29-24(32-20)26-21(27-29)16-9-6-12-25-13-16/h1-13H,14H2. The molecule has 0 fully saturated rings. The molecule has 7 nitrogen and oxygen atoms in total. The van der Waals surface area contributed by atoms with Crippen LogP contribution in [0.25, 0.3) is 21.9 Å². The number of para-hydroxylation sites is 1. The van der Waals surface area contributed by atoms with Gasteiger partial charge in [0.25, 0.3) is 11.5 Å². The highest BCUT2D eigenvalue weighted by Crippen LogP contribution is 2.36. The molecular weight excluding hydrogens is 422 g/mol. The van der Waals surface area contributed by atoms with Crippen LogP contribution in [0.2, 0.25) is 0 Å². The van der Waals surface area contributed by atoms with Crippen molar-refractivity contribution in [3.63, 3.8) is 0 Å². The molecule has 3 aromatic heterocycles. The predicted molar refractivity (Wildman–Crippen MR) is 122 cm³/mol. The highest BCUT2D eigenvalue weighted by atomic mass is 32.1. The Kier molecular flexibility index (Phi) is 4.19. The van der Waals surface area contributed by atoms with Gasteiger partial charge in [-0.25, -0.2) is 0 Å². The molecule has 0 unspecified atom stereocenters. The molecule has 6 rings (SSSR count). The second kappa shape index (κ2) is 7.21. The Morgan fingerprint density at radius 1 is 0.906 bits per heavy atom. The monoisotopic (exact) mass is 437 g/mol. The summed E-state index contributed by atoms with van der Waals surface area (Å²) < 4.78 is 1.62. The fourth-order valence-electron chi connectivity index (χ4n) is 3.92. The van der Waals surface area contributed by atoms with E-state index in [0.717, 1.165) is 22.4 Å². The Bertz CT molecular complexity index is 1590. The highest BCUT2D eigenvalue weighted by molar-refractivity contribution is 7.15. The normalized spacial score (nSPS) is 14.9. The number of amides is 1. The number of thiazole rings is 1. The molecule has 1 aliphatic rings. The van der Waals surface area contributed by atoms with Gasteiger partial charge in [0.2, 0.25) is 4.96 Å². The minimum atomic E-state index is -0.340. The van der Waals surface area contributed by atoms with Crippen molar-refractivity contribution in [1.29, 1.82) is 0 Å². The van der Waals surface area contributed by atoms with Gasteiger partial charge in [0.15, 0.2) is 5.82 Å². The fourth-order valence-corrected chi connectivity index (χ4v) is 4.92. The summed E-state index contributed by atoms with van der Waals surface area (Å²) in [7, 11) is 0. The van der Waals surface area contributed by atoms with Gasteiger partial charge in [0.1, 0.15) is 4.53 Å². The van der Waals surface area contributed by atoms with Crippen molar-refractivity contribution in [2.45, 2.75) is 6.54 Å². The highest BCUT2D eigenvalue weighted by Gasteiger charge is 2.34. The minimum absolute atomic E-state index is 0.191. The third-order valence-electron chi connectivity index (χ3n) is 5.41. The maximum Gasteiger partial charge on any atom is 0.291 e. The van der Waals surface area contributed by atoms with Crippen LogP contribution in [0, 0.1) is 0 Å². The molecule has 5 aromatic rings. The summed E-state index contributed by atoms with van der Waals surface area (Å²) in [5, 5.41) is 4.37. The zero-order valence-electron chi connectivity index (χ0n) is 16.7. The predicted octanol–water partition coefficient (Wildman–Crippen LogP) is 2.68. The number of carbonyl (C=O) groups excluding carboxylic acids is 1. The van der Waals surface area contributed by atoms with E-state index in [9.17, 15) is 9.59 Å². The molecule has 2 aromatic carbocycles. The summed E-state index contributed by atoms with van der Waals surface area (Å²) in [6.45, 7) is 0.431. The van der Waals surface area contributed by atoms with Gasteiger partial charge in [-0.05, 0) is 23.8 Å². The van der Waals surface area contributed by atoms with Crippen LogP contribution >= 0.6 is 11.3 Å². The summed E-state index contributed by atoms with van der Waals surface area (Å²) in [6.07, 6.45) is 3.32. The van der Waals surface area contributed by atoms with E-state index in [1.165, 1.54) is 15.9 Å². The van der Waals surface area contributed by atoms with Crippen LogP contribution in [-0.4, -0.2) is 25.5 Å². The molecule has 0 saturated carbocycles. The maximum absolute atomic E-state index is 13.5. The Labute approximate surface area is 185 Å². The smallest absolute Gasteiger partial charge is 0.291 e. The fraction of sp³-hybridized carbons (Fsp3) is 0.0417. The third kappa shape index (κ3) is 2.84. The Morgan fingerprint density at radius 3 is 2.50 bits per heavy atom. The van der Waals surface area contributed by atoms with Gasteiger partial charge in [-0.3, -0.25) is 14.6 Å². The zero-order chi connectivity index (χ0) is 21.7. The zero-order valence-corrected chi connectivity index (χ0v) is 17.5. The molecule has 32 heavy (non-hydrogen) atoms. The van der Waals surface area contributed by atoms with Gasteiger partial charge < -0.3 is 4.90 Å². The summed E-state index contributed by atoms with van der Waals surface area (Å²) in [4.78, 5) is 37.5. The Hall–Kier alpha value is -4.17. The van der Waals surface area contributed by atoms with Crippen molar-refractivity contribution in [2.24, 2.45) is 0 Å². The first-order valence-electron chi connectivity index (χ1n) is 10.00. The van der Waals surface area contributed by atoms with E-state index >= 15 is 0 Å². The maximum atomic E-state index is 13.5. The molecule has 0 spiro atoms. The van der Waals surface area contributed by atoms with Gasteiger partial charge in [0, 0.05) is 23.5 Å². The topological polar surface area (TPSA) is 80.5 Å². The lowest BCUT2D eigenvalue weighted by atomic mass is 10.1. The molecule has 0 atom stereocenters. The summed E-state index contributed by atoms with van der Waals surface area (Å²) in [5.41, 5.74) is 3.36. The lowest BCUT2D eigenvalue weighted by Crippen LogP contribution is -2.32. The Morgan fingerprint density at radius 2 is 1.72 bits per heavy atom. The second-order valence-corrected chi connectivity index (χ2v) is 8.35. The van der Waals surface area contributed by atoms with E-state index in [0.29, 0.717) is 27.4 Å². The lowest BCUT2D eigenvalue weighted by molar-refractivity contribution is -0.113. The van der Waals surface area contributed by atoms with Crippen LogP contribution in [-0.2, 0) is 11.3 Å². The molecular formula is C24H15N5O2S. The van der Waals surface area contributed by atoms with Crippen LogP contribution in [0.4, 0.5) is 5.69 Å². The van der Waals surface area contributed by atoms with E-state index in [1.807, 2.05) is 60.7 Å². The number of fused-ring (bicyclic) bond motifs is 2. The summed E-state index contributed by atoms with van der Waals surface area (Å²) in [6, 6.07) is 21.0. The first-order valence-corrected chi connectivity index (χ1v) is 10.8. The number of hydrogen-bond acceptors (Lipinski definition) is 6. The number of pyridine rings is 1. The average molecular weight is 437 g/mol.